The summed E-state index contributed by atoms with van der Waals surface area (Å²) in [7, 11) is -3.10. The van der Waals surface area contributed by atoms with E-state index in [1.807, 2.05) is 26.0 Å². The predicted molar refractivity (Wildman–Crippen MR) is 68.8 cm³/mol. The third kappa shape index (κ3) is 4.75. The predicted octanol–water partition coefficient (Wildman–Crippen LogP) is 1.52. The van der Waals surface area contributed by atoms with E-state index in [4.69, 9.17) is 10.5 Å². The average molecular weight is 257 g/mol. The summed E-state index contributed by atoms with van der Waals surface area (Å²) in [5.41, 5.74) is 6.63. The molecular formula is C12H19NO3S. The molecule has 17 heavy (non-hydrogen) atoms. The van der Waals surface area contributed by atoms with Crippen LogP contribution in [0, 0.1) is 0 Å². The van der Waals surface area contributed by atoms with Gasteiger partial charge in [-0.05, 0) is 19.9 Å². The lowest BCUT2D eigenvalue weighted by molar-refractivity contribution is 0.239. The van der Waals surface area contributed by atoms with Crippen LogP contribution in [0.5, 0.6) is 5.75 Å². The number of sulfone groups is 1. The van der Waals surface area contributed by atoms with Crippen LogP contribution in [0.25, 0.3) is 0 Å². The molecule has 1 atom stereocenters. The van der Waals surface area contributed by atoms with E-state index >= 15 is 0 Å². The fourth-order valence-electron chi connectivity index (χ4n) is 1.56. The molecule has 1 unspecified atom stereocenters. The van der Waals surface area contributed by atoms with Crippen molar-refractivity contribution in [2.24, 2.45) is 5.73 Å². The molecule has 1 aromatic rings. The van der Waals surface area contributed by atoms with Crippen molar-refractivity contribution in [2.45, 2.75) is 26.0 Å². The molecule has 0 heterocycles. The Labute approximate surface area is 103 Å². The topological polar surface area (TPSA) is 69.4 Å². The summed E-state index contributed by atoms with van der Waals surface area (Å²) in [5, 5.41) is 0. The highest BCUT2D eigenvalue weighted by Crippen LogP contribution is 2.25. The van der Waals surface area contributed by atoms with Gasteiger partial charge in [0.2, 0.25) is 0 Å². The zero-order valence-electron chi connectivity index (χ0n) is 10.4. The lowest BCUT2D eigenvalue weighted by Crippen LogP contribution is -2.22. The van der Waals surface area contributed by atoms with Crippen LogP contribution in [0.3, 0.4) is 0 Å². The van der Waals surface area contributed by atoms with Gasteiger partial charge in [-0.3, -0.25) is 0 Å². The molecular weight excluding hydrogens is 238 g/mol. The van der Waals surface area contributed by atoms with Crippen molar-refractivity contribution in [2.75, 3.05) is 12.0 Å². The Morgan fingerprint density at radius 3 is 2.41 bits per heavy atom. The molecule has 0 radical (unpaired) electrons. The minimum atomic E-state index is -3.10. The normalized spacial score (nSPS) is 13.7. The summed E-state index contributed by atoms with van der Waals surface area (Å²) < 4.78 is 28.1. The Morgan fingerprint density at radius 1 is 1.29 bits per heavy atom. The van der Waals surface area contributed by atoms with E-state index in [2.05, 4.69) is 0 Å². The quantitative estimate of drug-likeness (QED) is 0.868. The van der Waals surface area contributed by atoms with E-state index in [1.165, 1.54) is 6.26 Å². The number of hydrogen-bond acceptors (Lipinski definition) is 4. The summed E-state index contributed by atoms with van der Waals surface area (Å²) in [6.45, 7) is 3.83. The highest BCUT2D eigenvalue weighted by molar-refractivity contribution is 7.90. The summed E-state index contributed by atoms with van der Waals surface area (Å²) in [5.74, 6) is 0.574. The van der Waals surface area contributed by atoms with Crippen LogP contribution < -0.4 is 10.5 Å². The number of ether oxygens (including phenoxy) is 1. The molecule has 0 fully saturated rings. The first-order valence-electron chi connectivity index (χ1n) is 5.48. The number of rotatable bonds is 5. The van der Waals surface area contributed by atoms with Crippen LogP contribution in [0.4, 0.5) is 0 Å². The lowest BCUT2D eigenvalue weighted by atomic mass is 10.1. The first-order chi connectivity index (χ1) is 7.79. The van der Waals surface area contributed by atoms with E-state index in [0.717, 1.165) is 5.56 Å². The summed E-state index contributed by atoms with van der Waals surface area (Å²) in [6.07, 6.45) is 1.21. The molecule has 0 spiro atoms. The molecule has 1 aromatic carbocycles. The smallest absolute Gasteiger partial charge is 0.149 e. The van der Waals surface area contributed by atoms with E-state index < -0.39 is 15.9 Å². The Hall–Kier alpha value is -1.07. The summed E-state index contributed by atoms with van der Waals surface area (Å²) in [6, 6.07) is 6.71. The maximum Gasteiger partial charge on any atom is 0.149 e. The van der Waals surface area contributed by atoms with Gasteiger partial charge in [0.1, 0.15) is 15.6 Å². The van der Waals surface area contributed by atoms with Gasteiger partial charge in [-0.15, -0.1) is 0 Å². The average Bonchev–Trinajstić information content (AvgIpc) is 2.14. The van der Waals surface area contributed by atoms with Crippen molar-refractivity contribution in [3.63, 3.8) is 0 Å². The highest BCUT2D eigenvalue weighted by Gasteiger charge is 2.17. The molecule has 96 valence electrons. The van der Waals surface area contributed by atoms with Crippen LogP contribution in [-0.4, -0.2) is 26.5 Å². The van der Waals surface area contributed by atoms with E-state index in [1.54, 1.807) is 12.1 Å². The van der Waals surface area contributed by atoms with E-state index in [9.17, 15) is 8.42 Å². The van der Waals surface area contributed by atoms with Gasteiger partial charge >= 0.3 is 0 Å². The lowest BCUT2D eigenvalue weighted by Gasteiger charge is -2.18. The molecule has 2 N–H and O–H groups in total. The van der Waals surface area contributed by atoms with E-state index in [-0.39, 0.29) is 11.9 Å². The standard InChI is InChI=1S/C12H19NO3S/c1-9(2)16-12-7-5-4-6-10(12)11(13)8-17(3,14)15/h4-7,9,11H,8,13H2,1-3H3. The van der Waals surface area contributed by atoms with Gasteiger partial charge in [0.25, 0.3) is 0 Å². The molecule has 5 heteroatoms. The van der Waals surface area contributed by atoms with Crippen molar-refractivity contribution in [1.29, 1.82) is 0 Å². The monoisotopic (exact) mass is 257 g/mol. The molecule has 0 aliphatic carbocycles. The second-order valence-electron chi connectivity index (χ2n) is 4.40. The van der Waals surface area contributed by atoms with Crippen molar-refractivity contribution >= 4 is 9.84 Å². The Kier molecular flexibility index (Phi) is 4.54. The number of nitrogens with two attached hydrogens (primary N) is 1. The van der Waals surface area contributed by atoms with Gasteiger partial charge in [0, 0.05) is 17.9 Å². The fourth-order valence-corrected chi connectivity index (χ4v) is 2.40. The van der Waals surface area contributed by atoms with Crippen molar-refractivity contribution in [1.82, 2.24) is 0 Å². The van der Waals surface area contributed by atoms with E-state index in [0.29, 0.717) is 5.75 Å². The SMILES string of the molecule is CC(C)Oc1ccccc1C(N)CS(C)(=O)=O. The molecule has 0 bridgehead atoms. The molecule has 4 nitrogen and oxygen atoms in total. The van der Waals surface area contributed by atoms with Crippen LogP contribution in [0.1, 0.15) is 25.5 Å². The largest absolute Gasteiger partial charge is 0.491 e. The van der Waals surface area contributed by atoms with Crippen molar-refractivity contribution < 1.29 is 13.2 Å². The Morgan fingerprint density at radius 2 is 1.88 bits per heavy atom. The van der Waals surface area contributed by atoms with Gasteiger partial charge in [-0.1, -0.05) is 18.2 Å². The second kappa shape index (κ2) is 5.51. The number of hydrogen-bond donors (Lipinski definition) is 1. The maximum absolute atomic E-state index is 11.2. The minimum absolute atomic E-state index is 0.0292. The van der Waals surface area contributed by atoms with Crippen LogP contribution in [0.15, 0.2) is 24.3 Å². The van der Waals surface area contributed by atoms with Gasteiger partial charge in [-0.25, -0.2) is 8.42 Å². The van der Waals surface area contributed by atoms with Crippen LogP contribution in [0.2, 0.25) is 0 Å². The van der Waals surface area contributed by atoms with Crippen molar-refractivity contribution in [3.8, 4) is 5.75 Å². The molecule has 1 rings (SSSR count). The summed E-state index contributed by atoms with van der Waals surface area (Å²) in [4.78, 5) is 0. The van der Waals surface area contributed by atoms with Gasteiger partial charge in [0.05, 0.1) is 11.9 Å². The fraction of sp³-hybridized carbons (Fsp3) is 0.500. The van der Waals surface area contributed by atoms with Crippen molar-refractivity contribution in [3.05, 3.63) is 29.8 Å². The number of para-hydroxylation sites is 1. The third-order valence-electron chi connectivity index (χ3n) is 2.16. The molecule has 0 aliphatic rings. The van der Waals surface area contributed by atoms with Crippen LogP contribution >= 0.6 is 0 Å². The molecule has 0 saturated carbocycles. The van der Waals surface area contributed by atoms with Gasteiger partial charge in [-0.2, -0.15) is 0 Å². The molecule has 0 aliphatic heterocycles. The molecule has 0 aromatic heterocycles. The van der Waals surface area contributed by atoms with Gasteiger partial charge < -0.3 is 10.5 Å². The maximum atomic E-state index is 11.2. The number of benzene rings is 1. The second-order valence-corrected chi connectivity index (χ2v) is 6.59. The Balaban J connectivity index is 2.96. The van der Waals surface area contributed by atoms with Crippen LogP contribution in [-0.2, 0) is 9.84 Å². The minimum Gasteiger partial charge on any atom is -0.491 e. The zero-order valence-corrected chi connectivity index (χ0v) is 11.2. The first kappa shape index (κ1) is 14.0. The summed E-state index contributed by atoms with van der Waals surface area (Å²) >= 11 is 0. The molecule has 0 amide bonds. The molecule has 0 saturated heterocycles. The first-order valence-corrected chi connectivity index (χ1v) is 7.54. The zero-order chi connectivity index (χ0) is 13.1. The Bertz CT molecular complexity index is 468. The highest BCUT2D eigenvalue weighted by atomic mass is 32.2. The third-order valence-corrected chi connectivity index (χ3v) is 3.13. The van der Waals surface area contributed by atoms with Gasteiger partial charge in [0.15, 0.2) is 0 Å².